The van der Waals surface area contributed by atoms with E-state index in [9.17, 15) is 0 Å². The van der Waals surface area contributed by atoms with Crippen LogP contribution in [0.25, 0.3) is 0 Å². The Kier molecular flexibility index (Phi) is 3.36. The minimum absolute atomic E-state index is 0.734. The van der Waals surface area contributed by atoms with Crippen molar-refractivity contribution < 1.29 is 4.74 Å². The molecule has 0 aliphatic heterocycles. The fraction of sp³-hybridized carbons (Fsp3) is 0.385. The number of ether oxygens (including phenoxy) is 1. The molecule has 1 aliphatic carbocycles. The Hall–Kier alpha value is -1.08. The fourth-order valence-electron chi connectivity index (χ4n) is 1.74. The number of hydrogen-bond donors (Lipinski definition) is 0. The van der Waals surface area contributed by atoms with Crippen molar-refractivity contribution in [2.45, 2.75) is 25.9 Å². The van der Waals surface area contributed by atoms with Gasteiger partial charge >= 0.3 is 0 Å². The summed E-state index contributed by atoms with van der Waals surface area (Å²) in [6.45, 7) is 1.55. The van der Waals surface area contributed by atoms with Crippen molar-refractivity contribution in [3.63, 3.8) is 0 Å². The minimum Gasteiger partial charge on any atom is -0.372 e. The van der Waals surface area contributed by atoms with Crippen molar-refractivity contribution in [3.05, 3.63) is 47.5 Å². The first-order chi connectivity index (χ1) is 6.95. The van der Waals surface area contributed by atoms with Gasteiger partial charge in [-0.25, -0.2) is 0 Å². The Labute approximate surface area is 85.4 Å². The molecule has 1 aromatic carbocycles. The van der Waals surface area contributed by atoms with E-state index >= 15 is 0 Å². The van der Waals surface area contributed by atoms with E-state index in [0.29, 0.717) is 0 Å². The topological polar surface area (TPSA) is 9.23 Å². The van der Waals surface area contributed by atoms with Gasteiger partial charge in [-0.1, -0.05) is 36.4 Å². The van der Waals surface area contributed by atoms with Crippen molar-refractivity contribution in [3.8, 4) is 0 Å². The van der Waals surface area contributed by atoms with Crippen LogP contribution in [0.1, 0.15) is 24.8 Å². The predicted molar refractivity (Wildman–Crippen MR) is 58.0 cm³/mol. The third-order valence-corrected chi connectivity index (χ3v) is 2.53. The van der Waals surface area contributed by atoms with Gasteiger partial charge in [-0.3, -0.25) is 0 Å². The van der Waals surface area contributed by atoms with Gasteiger partial charge in [0.1, 0.15) is 0 Å². The monoisotopic (exact) mass is 188 g/mol. The SMILES string of the molecule is C1=C(COCc2ccccc2)CCC1. The summed E-state index contributed by atoms with van der Waals surface area (Å²) in [6.07, 6.45) is 6.09. The molecule has 0 aromatic heterocycles. The van der Waals surface area contributed by atoms with Gasteiger partial charge in [-0.2, -0.15) is 0 Å². The van der Waals surface area contributed by atoms with E-state index in [-0.39, 0.29) is 0 Å². The zero-order valence-electron chi connectivity index (χ0n) is 8.41. The molecule has 1 nitrogen and oxygen atoms in total. The lowest BCUT2D eigenvalue weighted by atomic mass is 10.2. The normalized spacial score (nSPS) is 15.6. The van der Waals surface area contributed by atoms with Gasteiger partial charge in [-0.15, -0.1) is 0 Å². The summed E-state index contributed by atoms with van der Waals surface area (Å²) >= 11 is 0. The Bertz CT molecular complexity index is 300. The molecule has 2 rings (SSSR count). The van der Waals surface area contributed by atoms with Crippen LogP contribution in [-0.4, -0.2) is 6.61 Å². The second-order valence-electron chi connectivity index (χ2n) is 3.73. The van der Waals surface area contributed by atoms with E-state index in [1.165, 1.54) is 30.4 Å². The Balaban J connectivity index is 1.73. The largest absolute Gasteiger partial charge is 0.372 e. The van der Waals surface area contributed by atoms with Crippen LogP contribution in [0.5, 0.6) is 0 Å². The maximum absolute atomic E-state index is 5.64. The van der Waals surface area contributed by atoms with Crippen LogP contribution in [0.2, 0.25) is 0 Å². The van der Waals surface area contributed by atoms with Crippen molar-refractivity contribution in [1.82, 2.24) is 0 Å². The van der Waals surface area contributed by atoms with Gasteiger partial charge < -0.3 is 4.74 Å². The molecule has 14 heavy (non-hydrogen) atoms. The number of allylic oxidation sites excluding steroid dienone is 1. The summed E-state index contributed by atoms with van der Waals surface area (Å²) < 4.78 is 5.64. The quantitative estimate of drug-likeness (QED) is 0.659. The maximum Gasteiger partial charge on any atom is 0.0721 e. The molecule has 0 heterocycles. The Morgan fingerprint density at radius 3 is 2.64 bits per heavy atom. The molecule has 0 saturated heterocycles. The standard InChI is InChI=1S/C13H16O/c1-2-6-12(7-3-1)10-14-11-13-8-4-5-9-13/h1-3,6-8H,4-5,9-11H2. The van der Waals surface area contributed by atoms with Crippen LogP contribution in [-0.2, 0) is 11.3 Å². The van der Waals surface area contributed by atoms with Gasteiger partial charge in [0, 0.05) is 0 Å². The highest BCUT2D eigenvalue weighted by molar-refractivity contribution is 5.14. The molecule has 0 N–H and O–H groups in total. The van der Waals surface area contributed by atoms with E-state index < -0.39 is 0 Å². The molecule has 0 spiro atoms. The van der Waals surface area contributed by atoms with E-state index in [2.05, 4.69) is 18.2 Å². The second-order valence-corrected chi connectivity index (χ2v) is 3.73. The Morgan fingerprint density at radius 2 is 1.93 bits per heavy atom. The van der Waals surface area contributed by atoms with Gasteiger partial charge in [0.15, 0.2) is 0 Å². The summed E-state index contributed by atoms with van der Waals surface area (Å²) in [4.78, 5) is 0. The summed E-state index contributed by atoms with van der Waals surface area (Å²) in [5.41, 5.74) is 2.73. The molecule has 0 bridgehead atoms. The first kappa shape index (κ1) is 9.47. The summed E-state index contributed by atoms with van der Waals surface area (Å²) in [5.74, 6) is 0. The second kappa shape index (κ2) is 4.97. The molecule has 1 aliphatic rings. The molecule has 0 unspecified atom stereocenters. The van der Waals surface area contributed by atoms with E-state index in [1.54, 1.807) is 0 Å². The summed E-state index contributed by atoms with van der Waals surface area (Å²) in [6, 6.07) is 10.3. The van der Waals surface area contributed by atoms with E-state index in [1.807, 2.05) is 18.2 Å². The van der Waals surface area contributed by atoms with Crippen molar-refractivity contribution in [1.29, 1.82) is 0 Å². The average molecular weight is 188 g/mol. The number of rotatable bonds is 4. The van der Waals surface area contributed by atoms with Gasteiger partial charge in [0.25, 0.3) is 0 Å². The molecule has 0 fully saturated rings. The molecule has 0 saturated carbocycles. The van der Waals surface area contributed by atoms with Crippen LogP contribution in [0.3, 0.4) is 0 Å². The maximum atomic E-state index is 5.64. The molecule has 0 atom stereocenters. The molecule has 1 aromatic rings. The van der Waals surface area contributed by atoms with Crippen LogP contribution < -0.4 is 0 Å². The predicted octanol–water partition coefficient (Wildman–Crippen LogP) is 3.31. The Morgan fingerprint density at radius 1 is 1.07 bits per heavy atom. The first-order valence-corrected chi connectivity index (χ1v) is 5.25. The van der Waals surface area contributed by atoms with Gasteiger partial charge in [0.2, 0.25) is 0 Å². The minimum atomic E-state index is 0.734. The van der Waals surface area contributed by atoms with Crippen LogP contribution in [0, 0.1) is 0 Å². The van der Waals surface area contributed by atoms with Crippen molar-refractivity contribution >= 4 is 0 Å². The number of hydrogen-bond acceptors (Lipinski definition) is 1. The molecule has 1 heteroatoms. The lowest BCUT2D eigenvalue weighted by molar-refractivity contribution is 0.141. The third kappa shape index (κ3) is 2.71. The van der Waals surface area contributed by atoms with E-state index in [4.69, 9.17) is 4.74 Å². The number of benzene rings is 1. The summed E-state index contributed by atoms with van der Waals surface area (Å²) in [5, 5.41) is 0. The third-order valence-electron chi connectivity index (χ3n) is 2.53. The summed E-state index contributed by atoms with van der Waals surface area (Å²) in [7, 11) is 0. The lowest BCUT2D eigenvalue weighted by Crippen LogP contribution is -1.96. The molecular formula is C13H16O. The van der Waals surface area contributed by atoms with Crippen molar-refractivity contribution in [2.75, 3.05) is 6.61 Å². The zero-order chi connectivity index (χ0) is 9.64. The molecular weight excluding hydrogens is 172 g/mol. The van der Waals surface area contributed by atoms with Gasteiger partial charge in [-0.05, 0) is 30.4 Å². The lowest BCUT2D eigenvalue weighted by Gasteiger charge is -2.04. The molecule has 74 valence electrons. The van der Waals surface area contributed by atoms with Crippen LogP contribution in [0.4, 0.5) is 0 Å². The smallest absolute Gasteiger partial charge is 0.0721 e. The molecule has 0 radical (unpaired) electrons. The molecule has 0 amide bonds. The highest BCUT2D eigenvalue weighted by Gasteiger charge is 2.03. The zero-order valence-corrected chi connectivity index (χ0v) is 8.41. The highest BCUT2D eigenvalue weighted by atomic mass is 16.5. The fourth-order valence-corrected chi connectivity index (χ4v) is 1.74. The first-order valence-electron chi connectivity index (χ1n) is 5.25. The van der Waals surface area contributed by atoms with E-state index in [0.717, 1.165) is 13.2 Å². The average Bonchev–Trinajstić information content (AvgIpc) is 2.72. The van der Waals surface area contributed by atoms with Crippen molar-refractivity contribution in [2.24, 2.45) is 0 Å². The highest BCUT2D eigenvalue weighted by Crippen LogP contribution is 2.17. The van der Waals surface area contributed by atoms with Gasteiger partial charge in [0.05, 0.1) is 13.2 Å². The van der Waals surface area contributed by atoms with Crippen LogP contribution >= 0.6 is 0 Å². The van der Waals surface area contributed by atoms with Crippen LogP contribution in [0.15, 0.2) is 42.0 Å².